The van der Waals surface area contributed by atoms with E-state index in [0.717, 1.165) is 48.1 Å². The third-order valence-electron chi connectivity index (χ3n) is 4.70. The fraction of sp³-hybridized carbons (Fsp3) is 0.812. The second kappa shape index (κ2) is 6.95. The van der Waals surface area contributed by atoms with Crippen LogP contribution in [-0.4, -0.2) is 21.0 Å². The van der Waals surface area contributed by atoms with Crippen LogP contribution in [0.4, 0.5) is 0 Å². The number of halogens is 1. The molecule has 1 aliphatic rings. The van der Waals surface area contributed by atoms with Gasteiger partial charge in [0.1, 0.15) is 0 Å². The molecule has 2 rings (SSSR count). The molecule has 1 aromatic heterocycles. The highest BCUT2D eigenvalue weighted by atomic mass is 35.5. The number of hydrogen-bond acceptors (Lipinski definition) is 2. The van der Waals surface area contributed by atoms with Gasteiger partial charge in [-0.25, -0.2) is 0 Å². The van der Waals surface area contributed by atoms with Crippen LogP contribution in [0.15, 0.2) is 0 Å². The number of aryl methyl sites for hydroxylation is 2. The molecule has 0 radical (unpaired) electrons. The number of rotatable bonds is 5. The molecule has 0 aliphatic heterocycles. The van der Waals surface area contributed by atoms with Crippen molar-refractivity contribution in [3.8, 4) is 0 Å². The minimum absolute atomic E-state index is 0.285. The van der Waals surface area contributed by atoms with Crippen LogP contribution >= 0.6 is 11.6 Å². The molecule has 1 N–H and O–H groups in total. The second-order valence-corrected chi connectivity index (χ2v) is 6.55. The van der Waals surface area contributed by atoms with Crippen molar-refractivity contribution in [3.05, 3.63) is 16.4 Å². The quantitative estimate of drug-likeness (QED) is 0.896. The molecule has 1 saturated carbocycles. The maximum atomic E-state index is 10.5. The summed E-state index contributed by atoms with van der Waals surface area (Å²) in [6.07, 6.45) is 5.95. The molecule has 0 bridgehead atoms. The maximum Gasteiger partial charge on any atom is 0.0850 e. The minimum Gasteiger partial charge on any atom is -0.392 e. The van der Waals surface area contributed by atoms with Gasteiger partial charge in [-0.15, -0.1) is 0 Å². The topological polar surface area (TPSA) is 38.0 Å². The van der Waals surface area contributed by atoms with E-state index in [1.807, 2.05) is 4.68 Å². The number of aliphatic hydroxyl groups excluding tert-OH is 1. The average molecular weight is 299 g/mol. The Morgan fingerprint density at radius 2 is 1.95 bits per heavy atom. The van der Waals surface area contributed by atoms with Crippen molar-refractivity contribution in [2.24, 2.45) is 11.8 Å². The lowest BCUT2D eigenvalue weighted by Gasteiger charge is -2.30. The van der Waals surface area contributed by atoms with Crippen molar-refractivity contribution in [1.82, 2.24) is 9.78 Å². The van der Waals surface area contributed by atoms with E-state index in [0.29, 0.717) is 12.3 Å². The predicted molar refractivity (Wildman–Crippen MR) is 83.1 cm³/mol. The molecule has 0 amide bonds. The minimum atomic E-state index is -0.285. The van der Waals surface area contributed by atoms with E-state index in [-0.39, 0.29) is 6.10 Å². The molecular formula is C16H27ClN2O. The number of aromatic nitrogens is 2. The fourth-order valence-corrected chi connectivity index (χ4v) is 3.59. The van der Waals surface area contributed by atoms with Gasteiger partial charge in [-0.2, -0.15) is 5.10 Å². The highest BCUT2D eigenvalue weighted by Gasteiger charge is 2.27. The average Bonchev–Trinajstić information content (AvgIpc) is 2.76. The summed E-state index contributed by atoms with van der Waals surface area (Å²) >= 11 is 6.42. The van der Waals surface area contributed by atoms with E-state index in [1.54, 1.807) is 0 Å². The molecule has 0 aromatic carbocycles. The SMILES string of the molecule is CCc1nn(CC)c(CC(O)C2CCC(C)CC2)c1Cl. The van der Waals surface area contributed by atoms with Crippen LogP contribution in [0.2, 0.25) is 5.02 Å². The van der Waals surface area contributed by atoms with E-state index in [2.05, 4.69) is 25.9 Å². The van der Waals surface area contributed by atoms with Gasteiger partial charge in [0.2, 0.25) is 0 Å². The van der Waals surface area contributed by atoms with Gasteiger partial charge in [-0.3, -0.25) is 4.68 Å². The zero-order valence-corrected chi connectivity index (χ0v) is 13.7. The van der Waals surface area contributed by atoms with Crippen LogP contribution in [0.25, 0.3) is 0 Å². The summed E-state index contributed by atoms with van der Waals surface area (Å²) in [6.45, 7) is 7.25. The van der Waals surface area contributed by atoms with Crippen LogP contribution in [-0.2, 0) is 19.4 Å². The van der Waals surface area contributed by atoms with E-state index >= 15 is 0 Å². The van der Waals surface area contributed by atoms with Crippen LogP contribution < -0.4 is 0 Å². The van der Waals surface area contributed by atoms with Crippen molar-refractivity contribution < 1.29 is 5.11 Å². The van der Waals surface area contributed by atoms with Crippen molar-refractivity contribution in [2.75, 3.05) is 0 Å². The monoisotopic (exact) mass is 298 g/mol. The summed E-state index contributed by atoms with van der Waals surface area (Å²) in [5, 5.41) is 15.8. The Labute approximate surface area is 127 Å². The van der Waals surface area contributed by atoms with Gasteiger partial charge in [0.15, 0.2) is 0 Å². The summed E-state index contributed by atoms with van der Waals surface area (Å²) < 4.78 is 1.95. The first kappa shape index (κ1) is 15.8. The first-order valence-corrected chi connectivity index (χ1v) is 8.36. The van der Waals surface area contributed by atoms with E-state index in [1.165, 1.54) is 12.8 Å². The van der Waals surface area contributed by atoms with Crippen molar-refractivity contribution in [3.63, 3.8) is 0 Å². The van der Waals surface area contributed by atoms with Crippen LogP contribution in [0.1, 0.15) is 57.8 Å². The largest absolute Gasteiger partial charge is 0.392 e. The third-order valence-corrected chi connectivity index (χ3v) is 5.14. The lowest BCUT2D eigenvalue weighted by molar-refractivity contribution is 0.0744. The number of aliphatic hydroxyl groups is 1. The molecule has 1 aromatic rings. The smallest absolute Gasteiger partial charge is 0.0850 e. The Hall–Kier alpha value is -0.540. The zero-order chi connectivity index (χ0) is 14.7. The molecule has 0 saturated heterocycles. The Morgan fingerprint density at radius 1 is 1.30 bits per heavy atom. The molecule has 1 fully saturated rings. The highest BCUT2D eigenvalue weighted by molar-refractivity contribution is 6.31. The second-order valence-electron chi connectivity index (χ2n) is 6.17. The van der Waals surface area contributed by atoms with Gasteiger partial charge in [-0.1, -0.05) is 38.3 Å². The van der Waals surface area contributed by atoms with Gasteiger partial charge in [0.25, 0.3) is 0 Å². The summed E-state index contributed by atoms with van der Waals surface area (Å²) in [5.74, 6) is 1.24. The van der Waals surface area contributed by atoms with Gasteiger partial charge in [0, 0.05) is 13.0 Å². The van der Waals surface area contributed by atoms with Crippen molar-refractivity contribution in [2.45, 2.75) is 71.9 Å². The molecule has 1 aliphatic carbocycles. The summed E-state index contributed by atoms with van der Waals surface area (Å²) in [7, 11) is 0. The molecule has 0 spiro atoms. The summed E-state index contributed by atoms with van der Waals surface area (Å²) in [5.41, 5.74) is 1.96. The molecular weight excluding hydrogens is 272 g/mol. The molecule has 1 heterocycles. The summed E-state index contributed by atoms with van der Waals surface area (Å²) in [4.78, 5) is 0. The maximum absolute atomic E-state index is 10.5. The molecule has 3 nitrogen and oxygen atoms in total. The lowest BCUT2D eigenvalue weighted by atomic mass is 9.79. The lowest BCUT2D eigenvalue weighted by Crippen LogP contribution is -2.28. The Bertz CT molecular complexity index is 436. The fourth-order valence-electron chi connectivity index (χ4n) is 3.25. The van der Waals surface area contributed by atoms with Crippen LogP contribution in [0.5, 0.6) is 0 Å². The molecule has 1 atom stereocenters. The standard InChI is InChI=1S/C16H27ClN2O/c1-4-13-16(17)14(19(5-2)18-13)10-15(20)12-8-6-11(3)7-9-12/h11-12,15,20H,4-10H2,1-3H3. The predicted octanol–water partition coefficient (Wildman–Crippen LogP) is 3.85. The van der Waals surface area contributed by atoms with Crippen LogP contribution in [0, 0.1) is 11.8 Å². The Kier molecular flexibility index (Phi) is 5.50. The highest BCUT2D eigenvalue weighted by Crippen LogP contribution is 2.32. The van der Waals surface area contributed by atoms with E-state index < -0.39 is 0 Å². The molecule has 114 valence electrons. The number of hydrogen-bond donors (Lipinski definition) is 1. The molecule has 20 heavy (non-hydrogen) atoms. The molecule has 4 heteroatoms. The molecule has 1 unspecified atom stereocenters. The van der Waals surface area contributed by atoms with Gasteiger partial charge in [-0.05, 0) is 38.0 Å². The Balaban J connectivity index is 2.07. The first-order valence-electron chi connectivity index (χ1n) is 7.98. The van der Waals surface area contributed by atoms with Crippen molar-refractivity contribution >= 4 is 11.6 Å². The van der Waals surface area contributed by atoms with Crippen molar-refractivity contribution in [1.29, 1.82) is 0 Å². The number of nitrogens with zero attached hydrogens (tertiary/aromatic N) is 2. The summed E-state index contributed by atoms with van der Waals surface area (Å²) in [6, 6.07) is 0. The third kappa shape index (κ3) is 3.37. The zero-order valence-electron chi connectivity index (χ0n) is 12.9. The normalized spacial score (nSPS) is 24.9. The van der Waals surface area contributed by atoms with Gasteiger partial charge >= 0.3 is 0 Å². The first-order chi connectivity index (χ1) is 9.56. The van der Waals surface area contributed by atoms with Gasteiger partial charge in [0.05, 0.1) is 22.5 Å². The Morgan fingerprint density at radius 3 is 2.50 bits per heavy atom. The van der Waals surface area contributed by atoms with Crippen LogP contribution in [0.3, 0.4) is 0 Å². The van der Waals surface area contributed by atoms with Gasteiger partial charge < -0.3 is 5.11 Å². The van der Waals surface area contributed by atoms with E-state index in [9.17, 15) is 5.11 Å². The van der Waals surface area contributed by atoms with E-state index in [4.69, 9.17) is 11.6 Å².